The number of amides is 1. The molecule has 0 radical (unpaired) electrons. The Kier molecular flexibility index (Phi) is 6.42. The molecule has 3 rings (SSSR count). The molecule has 1 saturated heterocycles. The lowest BCUT2D eigenvalue weighted by molar-refractivity contribution is -0.121. The van der Waals surface area contributed by atoms with Gasteiger partial charge in [-0.05, 0) is 30.5 Å². The van der Waals surface area contributed by atoms with Crippen molar-refractivity contribution in [2.24, 2.45) is 0 Å². The van der Waals surface area contributed by atoms with Gasteiger partial charge in [-0.15, -0.1) is 0 Å². The first-order valence-corrected chi connectivity index (χ1v) is 9.49. The Bertz CT molecular complexity index is 773. The standard InChI is InChI=1S/C21H28N4O2/c1-4-16-14-18(21(27-3)23-15(16)2)24-20(26)19(17-8-6-5-7-9-17)25-12-10-22-11-13-25/h5-9,14,19,22H,4,10-13H2,1-3H3,(H,24,26). The number of carbonyl (C=O) groups is 1. The number of piperazine rings is 1. The van der Waals surface area contributed by atoms with Gasteiger partial charge < -0.3 is 15.4 Å². The summed E-state index contributed by atoms with van der Waals surface area (Å²) in [6, 6.07) is 11.6. The second-order valence-electron chi connectivity index (χ2n) is 6.73. The van der Waals surface area contributed by atoms with Crippen LogP contribution in [0, 0.1) is 6.92 Å². The highest BCUT2D eigenvalue weighted by atomic mass is 16.5. The van der Waals surface area contributed by atoms with E-state index in [0.717, 1.165) is 49.4 Å². The van der Waals surface area contributed by atoms with Gasteiger partial charge in [0.15, 0.2) is 0 Å². The highest BCUT2D eigenvalue weighted by molar-refractivity contribution is 5.96. The molecule has 2 heterocycles. The van der Waals surface area contributed by atoms with Crippen molar-refractivity contribution in [2.45, 2.75) is 26.3 Å². The number of aromatic nitrogens is 1. The van der Waals surface area contributed by atoms with Crippen LogP contribution in [0.4, 0.5) is 5.69 Å². The monoisotopic (exact) mass is 368 g/mol. The number of nitrogens with zero attached hydrogens (tertiary/aromatic N) is 2. The Morgan fingerprint density at radius 2 is 2.00 bits per heavy atom. The summed E-state index contributed by atoms with van der Waals surface area (Å²) in [6.07, 6.45) is 0.853. The lowest BCUT2D eigenvalue weighted by Crippen LogP contribution is -2.48. The molecular formula is C21H28N4O2. The summed E-state index contributed by atoms with van der Waals surface area (Å²) in [5, 5.41) is 6.42. The minimum absolute atomic E-state index is 0.0610. The quantitative estimate of drug-likeness (QED) is 0.820. The van der Waals surface area contributed by atoms with E-state index >= 15 is 0 Å². The second kappa shape index (κ2) is 8.97. The highest BCUT2D eigenvalue weighted by Gasteiger charge is 2.29. The number of carbonyl (C=O) groups excluding carboxylic acids is 1. The van der Waals surface area contributed by atoms with Crippen molar-refractivity contribution in [3.05, 3.63) is 53.2 Å². The number of hydrogen-bond donors (Lipinski definition) is 2. The van der Waals surface area contributed by atoms with Crippen LogP contribution in [0.3, 0.4) is 0 Å². The fraction of sp³-hybridized carbons (Fsp3) is 0.429. The molecule has 1 fully saturated rings. The number of hydrogen-bond acceptors (Lipinski definition) is 5. The van der Waals surface area contributed by atoms with Gasteiger partial charge in [0.2, 0.25) is 11.8 Å². The molecule has 6 heteroatoms. The van der Waals surface area contributed by atoms with Crippen molar-refractivity contribution in [3.63, 3.8) is 0 Å². The van der Waals surface area contributed by atoms with Crippen molar-refractivity contribution in [3.8, 4) is 5.88 Å². The summed E-state index contributed by atoms with van der Waals surface area (Å²) < 4.78 is 5.41. The molecule has 0 aliphatic carbocycles. The minimum Gasteiger partial charge on any atom is -0.480 e. The van der Waals surface area contributed by atoms with E-state index in [1.165, 1.54) is 0 Å². The van der Waals surface area contributed by atoms with Crippen LogP contribution in [-0.4, -0.2) is 49.1 Å². The van der Waals surface area contributed by atoms with E-state index in [1.54, 1.807) is 7.11 Å². The summed E-state index contributed by atoms with van der Waals surface area (Å²) in [4.78, 5) is 20.0. The Morgan fingerprint density at radius 1 is 1.30 bits per heavy atom. The van der Waals surface area contributed by atoms with E-state index in [4.69, 9.17) is 4.74 Å². The van der Waals surface area contributed by atoms with Crippen LogP contribution in [0.2, 0.25) is 0 Å². The van der Waals surface area contributed by atoms with Crippen LogP contribution in [0.25, 0.3) is 0 Å². The number of anilines is 1. The first-order valence-electron chi connectivity index (χ1n) is 9.49. The summed E-state index contributed by atoms with van der Waals surface area (Å²) >= 11 is 0. The number of nitrogens with one attached hydrogen (secondary N) is 2. The lowest BCUT2D eigenvalue weighted by atomic mass is 10.0. The molecule has 2 aromatic rings. The summed E-state index contributed by atoms with van der Waals surface area (Å²) in [6.45, 7) is 7.46. The van der Waals surface area contributed by atoms with Gasteiger partial charge in [-0.25, -0.2) is 4.98 Å². The Labute approximate surface area is 160 Å². The van der Waals surface area contributed by atoms with Gasteiger partial charge in [0.05, 0.1) is 7.11 Å². The average Bonchev–Trinajstić information content (AvgIpc) is 2.70. The van der Waals surface area contributed by atoms with Crippen molar-refractivity contribution in [2.75, 3.05) is 38.6 Å². The number of aryl methyl sites for hydroxylation is 2. The molecule has 0 spiro atoms. The zero-order valence-electron chi connectivity index (χ0n) is 16.3. The molecule has 1 amide bonds. The van der Waals surface area contributed by atoms with Gasteiger partial charge in [-0.2, -0.15) is 0 Å². The molecular weight excluding hydrogens is 340 g/mol. The number of ether oxygens (including phenoxy) is 1. The van der Waals surface area contributed by atoms with Crippen LogP contribution in [0.15, 0.2) is 36.4 Å². The van der Waals surface area contributed by atoms with Crippen LogP contribution in [0.1, 0.15) is 29.8 Å². The normalized spacial score (nSPS) is 16.0. The van der Waals surface area contributed by atoms with Crippen LogP contribution in [0.5, 0.6) is 5.88 Å². The smallest absolute Gasteiger partial charge is 0.246 e. The van der Waals surface area contributed by atoms with Gasteiger partial charge in [-0.3, -0.25) is 9.69 Å². The van der Waals surface area contributed by atoms with Crippen molar-refractivity contribution < 1.29 is 9.53 Å². The first-order chi connectivity index (χ1) is 13.1. The maximum atomic E-state index is 13.3. The summed E-state index contributed by atoms with van der Waals surface area (Å²) in [5.74, 6) is 0.388. The predicted octanol–water partition coefficient (Wildman–Crippen LogP) is 2.55. The number of benzene rings is 1. The van der Waals surface area contributed by atoms with Crippen LogP contribution >= 0.6 is 0 Å². The van der Waals surface area contributed by atoms with E-state index in [9.17, 15) is 4.79 Å². The minimum atomic E-state index is -0.343. The molecule has 1 aromatic carbocycles. The Morgan fingerprint density at radius 3 is 2.63 bits per heavy atom. The fourth-order valence-corrected chi connectivity index (χ4v) is 3.53. The van der Waals surface area contributed by atoms with Gasteiger partial charge in [0, 0.05) is 31.9 Å². The molecule has 1 aliphatic rings. The Hall–Kier alpha value is -2.44. The van der Waals surface area contributed by atoms with Gasteiger partial charge in [0.1, 0.15) is 11.7 Å². The van der Waals surface area contributed by atoms with Crippen molar-refractivity contribution in [1.29, 1.82) is 0 Å². The van der Waals surface area contributed by atoms with Crippen LogP contribution < -0.4 is 15.4 Å². The fourth-order valence-electron chi connectivity index (χ4n) is 3.53. The average molecular weight is 368 g/mol. The maximum Gasteiger partial charge on any atom is 0.246 e. The summed E-state index contributed by atoms with van der Waals surface area (Å²) in [7, 11) is 1.58. The van der Waals surface area contributed by atoms with E-state index in [-0.39, 0.29) is 11.9 Å². The molecule has 1 aliphatic heterocycles. The SMILES string of the molecule is CCc1cc(NC(=O)C(c2ccccc2)N2CCNCC2)c(OC)nc1C. The second-order valence-corrected chi connectivity index (χ2v) is 6.73. The summed E-state index contributed by atoms with van der Waals surface area (Å²) in [5.41, 5.74) is 3.64. The number of pyridine rings is 1. The van der Waals surface area contributed by atoms with Gasteiger partial charge in [0.25, 0.3) is 0 Å². The van der Waals surface area contributed by atoms with E-state index in [0.29, 0.717) is 11.6 Å². The van der Waals surface area contributed by atoms with Crippen LogP contribution in [-0.2, 0) is 11.2 Å². The molecule has 27 heavy (non-hydrogen) atoms. The maximum absolute atomic E-state index is 13.3. The zero-order valence-corrected chi connectivity index (χ0v) is 16.3. The molecule has 1 unspecified atom stereocenters. The molecule has 6 nitrogen and oxygen atoms in total. The third-order valence-electron chi connectivity index (χ3n) is 5.00. The topological polar surface area (TPSA) is 66.5 Å². The lowest BCUT2D eigenvalue weighted by Gasteiger charge is -2.34. The van der Waals surface area contributed by atoms with Crippen molar-refractivity contribution in [1.82, 2.24) is 15.2 Å². The highest BCUT2D eigenvalue weighted by Crippen LogP contribution is 2.28. The largest absolute Gasteiger partial charge is 0.480 e. The first kappa shape index (κ1) is 19.3. The Balaban J connectivity index is 1.91. The molecule has 144 valence electrons. The van der Waals surface area contributed by atoms with Gasteiger partial charge >= 0.3 is 0 Å². The molecule has 0 saturated carbocycles. The van der Waals surface area contributed by atoms with Crippen molar-refractivity contribution >= 4 is 11.6 Å². The zero-order chi connectivity index (χ0) is 19.2. The van der Waals surface area contributed by atoms with Gasteiger partial charge in [-0.1, -0.05) is 37.3 Å². The molecule has 2 N–H and O–H groups in total. The number of rotatable bonds is 6. The van der Waals surface area contributed by atoms with E-state index in [1.807, 2.05) is 43.3 Å². The third-order valence-corrected chi connectivity index (χ3v) is 5.00. The molecule has 0 bridgehead atoms. The third kappa shape index (κ3) is 4.46. The molecule has 1 aromatic heterocycles. The predicted molar refractivity (Wildman–Crippen MR) is 107 cm³/mol. The van der Waals surface area contributed by atoms with E-state index < -0.39 is 0 Å². The number of methoxy groups -OCH3 is 1. The van der Waals surface area contributed by atoms with E-state index in [2.05, 4.69) is 27.4 Å². The molecule has 1 atom stereocenters.